The SMILES string of the molecule is Cc1cc(=O)c2c(C)cc3c(c2o1)C(=O)c1c(O)cc(O)cc1C3=O. The molecule has 0 fully saturated rings. The Hall–Kier alpha value is -3.41. The number of aryl methyl sites for hydroxylation is 2. The summed E-state index contributed by atoms with van der Waals surface area (Å²) < 4.78 is 5.62. The zero-order chi connectivity index (χ0) is 18.0. The summed E-state index contributed by atoms with van der Waals surface area (Å²) in [6, 6.07) is 4.92. The summed E-state index contributed by atoms with van der Waals surface area (Å²) in [4.78, 5) is 38.1. The number of rotatable bonds is 0. The molecule has 0 atom stereocenters. The molecule has 0 spiro atoms. The molecule has 6 nitrogen and oxygen atoms in total. The fourth-order valence-electron chi connectivity index (χ4n) is 3.35. The molecule has 2 N–H and O–H groups in total. The van der Waals surface area contributed by atoms with Gasteiger partial charge in [-0.25, -0.2) is 0 Å². The second-order valence-electron chi connectivity index (χ2n) is 6.09. The number of phenolic OH excluding ortho intramolecular Hbond substituents is 2. The lowest BCUT2D eigenvalue weighted by atomic mass is 9.81. The fraction of sp³-hybridized carbons (Fsp3) is 0.105. The molecule has 25 heavy (non-hydrogen) atoms. The molecule has 0 saturated carbocycles. The van der Waals surface area contributed by atoms with Gasteiger partial charge in [0.2, 0.25) is 5.78 Å². The van der Waals surface area contributed by atoms with Crippen LogP contribution in [0, 0.1) is 13.8 Å². The molecule has 1 aromatic heterocycles. The van der Waals surface area contributed by atoms with E-state index in [1.54, 1.807) is 13.8 Å². The predicted octanol–water partition coefficient (Wildman–Crippen LogP) is 2.60. The molecule has 6 heteroatoms. The second-order valence-corrected chi connectivity index (χ2v) is 6.09. The number of hydrogen-bond acceptors (Lipinski definition) is 6. The van der Waals surface area contributed by atoms with E-state index in [9.17, 15) is 24.6 Å². The van der Waals surface area contributed by atoms with E-state index in [0.717, 1.165) is 12.1 Å². The molecule has 124 valence electrons. The van der Waals surface area contributed by atoms with Gasteiger partial charge in [-0.15, -0.1) is 0 Å². The standard InChI is InChI=1S/C19H12O6/c1-7-3-10-16(19-14(7)12(21)4-8(2)25-19)18(24)15-11(17(10)23)5-9(20)6-13(15)22/h3-6,20,22H,1-2H3. The first-order valence-electron chi connectivity index (χ1n) is 7.53. The summed E-state index contributed by atoms with van der Waals surface area (Å²) in [6.45, 7) is 3.23. The predicted molar refractivity (Wildman–Crippen MR) is 88.6 cm³/mol. The second kappa shape index (κ2) is 4.80. The third-order valence-electron chi connectivity index (χ3n) is 4.37. The molecule has 1 heterocycles. The van der Waals surface area contributed by atoms with Crippen LogP contribution in [0.1, 0.15) is 43.2 Å². The molecular formula is C19H12O6. The van der Waals surface area contributed by atoms with Gasteiger partial charge in [-0.05, 0) is 31.5 Å². The highest BCUT2D eigenvalue weighted by Gasteiger charge is 2.35. The fourth-order valence-corrected chi connectivity index (χ4v) is 3.35. The summed E-state index contributed by atoms with van der Waals surface area (Å²) in [5, 5.41) is 19.9. The minimum atomic E-state index is -0.624. The van der Waals surface area contributed by atoms with Gasteiger partial charge in [-0.2, -0.15) is 0 Å². The molecule has 1 aliphatic carbocycles. The van der Waals surface area contributed by atoms with Crippen molar-refractivity contribution >= 4 is 22.5 Å². The Morgan fingerprint density at radius 3 is 2.24 bits per heavy atom. The Morgan fingerprint density at radius 2 is 1.52 bits per heavy atom. The smallest absolute Gasteiger partial charge is 0.202 e. The molecule has 0 bridgehead atoms. The van der Waals surface area contributed by atoms with E-state index in [0.29, 0.717) is 11.3 Å². The summed E-state index contributed by atoms with van der Waals surface area (Å²) >= 11 is 0. The number of fused-ring (bicyclic) bond motifs is 4. The first-order valence-corrected chi connectivity index (χ1v) is 7.53. The molecule has 1 aliphatic rings. The van der Waals surface area contributed by atoms with Crippen molar-refractivity contribution in [1.82, 2.24) is 0 Å². The highest BCUT2D eigenvalue weighted by Crippen LogP contribution is 2.38. The monoisotopic (exact) mass is 336 g/mol. The van der Waals surface area contributed by atoms with Crippen LogP contribution in [0.2, 0.25) is 0 Å². The van der Waals surface area contributed by atoms with Crippen LogP contribution in [0.3, 0.4) is 0 Å². The van der Waals surface area contributed by atoms with Crippen molar-refractivity contribution in [3.8, 4) is 11.5 Å². The van der Waals surface area contributed by atoms with Crippen LogP contribution in [0.15, 0.2) is 33.5 Å². The van der Waals surface area contributed by atoms with E-state index in [1.165, 1.54) is 12.1 Å². The Bertz CT molecular complexity index is 1180. The van der Waals surface area contributed by atoms with Crippen molar-refractivity contribution in [2.75, 3.05) is 0 Å². The quantitative estimate of drug-likeness (QED) is 0.511. The third kappa shape index (κ3) is 1.94. The van der Waals surface area contributed by atoms with E-state index in [2.05, 4.69) is 0 Å². The van der Waals surface area contributed by atoms with Gasteiger partial charge < -0.3 is 14.6 Å². The Labute approximate surface area is 141 Å². The molecule has 0 unspecified atom stereocenters. The highest BCUT2D eigenvalue weighted by molar-refractivity contribution is 6.32. The maximum absolute atomic E-state index is 13.0. The van der Waals surface area contributed by atoms with Crippen LogP contribution >= 0.6 is 0 Å². The molecule has 0 amide bonds. The van der Waals surface area contributed by atoms with E-state index >= 15 is 0 Å². The zero-order valence-electron chi connectivity index (χ0n) is 13.3. The summed E-state index contributed by atoms with van der Waals surface area (Å²) in [5.41, 5.74) is 0.00229. The van der Waals surface area contributed by atoms with Crippen molar-refractivity contribution in [2.45, 2.75) is 13.8 Å². The van der Waals surface area contributed by atoms with Gasteiger partial charge in [0.15, 0.2) is 11.2 Å². The number of aromatic hydroxyl groups is 2. The number of benzene rings is 2. The van der Waals surface area contributed by atoms with Crippen LogP contribution in [0.25, 0.3) is 11.0 Å². The summed E-state index contributed by atoms with van der Waals surface area (Å²) in [5.74, 6) is -1.65. The van der Waals surface area contributed by atoms with Crippen LogP contribution in [-0.2, 0) is 0 Å². The Balaban J connectivity index is 2.20. The number of phenols is 2. The van der Waals surface area contributed by atoms with Gasteiger partial charge in [0, 0.05) is 23.3 Å². The summed E-state index contributed by atoms with van der Waals surface area (Å²) in [6.07, 6.45) is 0. The van der Waals surface area contributed by atoms with E-state index in [1.807, 2.05) is 0 Å². The average molecular weight is 336 g/mol. The molecule has 0 radical (unpaired) electrons. The number of carbonyl (C=O) groups excluding carboxylic acids is 2. The van der Waals surface area contributed by atoms with Crippen molar-refractivity contribution in [3.63, 3.8) is 0 Å². The lowest BCUT2D eigenvalue weighted by Gasteiger charge is -2.20. The van der Waals surface area contributed by atoms with Crippen molar-refractivity contribution in [2.24, 2.45) is 0 Å². The lowest BCUT2D eigenvalue weighted by molar-refractivity contribution is 0.0976. The molecular weight excluding hydrogens is 324 g/mol. The minimum absolute atomic E-state index is 0.0384. The van der Waals surface area contributed by atoms with Crippen molar-refractivity contribution in [3.05, 3.63) is 68.1 Å². The van der Waals surface area contributed by atoms with E-state index in [4.69, 9.17) is 4.42 Å². The summed E-state index contributed by atoms with van der Waals surface area (Å²) in [7, 11) is 0. The van der Waals surface area contributed by atoms with Gasteiger partial charge in [0.05, 0.1) is 16.5 Å². The van der Waals surface area contributed by atoms with Crippen LogP contribution in [-0.4, -0.2) is 21.8 Å². The van der Waals surface area contributed by atoms with E-state index < -0.39 is 17.3 Å². The number of hydrogen-bond donors (Lipinski definition) is 2. The topological polar surface area (TPSA) is 105 Å². The zero-order valence-corrected chi connectivity index (χ0v) is 13.3. The Morgan fingerprint density at radius 1 is 0.840 bits per heavy atom. The van der Waals surface area contributed by atoms with Crippen LogP contribution in [0.5, 0.6) is 11.5 Å². The highest BCUT2D eigenvalue weighted by atomic mass is 16.3. The van der Waals surface area contributed by atoms with Crippen molar-refractivity contribution in [1.29, 1.82) is 0 Å². The van der Waals surface area contributed by atoms with Gasteiger partial charge in [-0.1, -0.05) is 0 Å². The Kier molecular flexibility index (Phi) is 2.90. The van der Waals surface area contributed by atoms with Gasteiger partial charge in [0.1, 0.15) is 22.8 Å². The largest absolute Gasteiger partial charge is 0.508 e. The number of carbonyl (C=O) groups is 2. The van der Waals surface area contributed by atoms with Gasteiger partial charge in [0.25, 0.3) is 0 Å². The third-order valence-corrected chi connectivity index (χ3v) is 4.37. The molecule has 2 aromatic carbocycles. The van der Waals surface area contributed by atoms with Crippen LogP contribution in [0.4, 0.5) is 0 Å². The normalized spacial score (nSPS) is 13.0. The molecule has 4 rings (SSSR count). The molecule has 3 aromatic rings. The van der Waals surface area contributed by atoms with Gasteiger partial charge >= 0.3 is 0 Å². The lowest BCUT2D eigenvalue weighted by Crippen LogP contribution is -2.22. The van der Waals surface area contributed by atoms with Crippen molar-refractivity contribution < 1.29 is 24.2 Å². The van der Waals surface area contributed by atoms with E-state index in [-0.39, 0.29) is 44.4 Å². The van der Waals surface area contributed by atoms with Crippen LogP contribution < -0.4 is 5.43 Å². The maximum Gasteiger partial charge on any atom is 0.202 e. The number of ketones is 2. The average Bonchev–Trinajstić information content (AvgIpc) is 2.50. The molecule has 0 aliphatic heterocycles. The molecule has 0 saturated heterocycles. The minimum Gasteiger partial charge on any atom is -0.508 e. The first kappa shape index (κ1) is 15.1. The first-order chi connectivity index (χ1) is 11.8. The maximum atomic E-state index is 13.0. The van der Waals surface area contributed by atoms with Gasteiger partial charge in [-0.3, -0.25) is 14.4 Å².